The summed E-state index contributed by atoms with van der Waals surface area (Å²) in [5, 5.41) is 0. The molecular formula is C17H24N2O3. The van der Waals surface area contributed by atoms with Gasteiger partial charge in [0.15, 0.2) is 0 Å². The van der Waals surface area contributed by atoms with Crippen molar-refractivity contribution in [2.24, 2.45) is 11.7 Å². The molecule has 2 atom stereocenters. The third kappa shape index (κ3) is 3.78. The van der Waals surface area contributed by atoms with Crippen molar-refractivity contribution < 1.29 is 14.3 Å². The minimum Gasteiger partial charge on any atom is -0.496 e. The second-order valence-corrected chi connectivity index (χ2v) is 5.88. The number of aryl methyl sites for hydroxylation is 1. The van der Waals surface area contributed by atoms with Crippen LogP contribution < -0.4 is 10.5 Å². The normalized spacial score (nSPS) is 21.5. The van der Waals surface area contributed by atoms with Gasteiger partial charge in [-0.25, -0.2) is 0 Å². The van der Waals surface area contributed by atoms with Crippen LogP contribution in [0.3, 0.4) is 0 Å². The standard InChI is InChI=1S/C17H24N2O3/c1-12-7-8-14(17(18)21)11-19(12)16(20)10-9-13-5-3-4-6-15(13)22-2/h3-6,12,14H,7-11H2,1-2H3,(H2,18,21). The summed E-state index contributed by atoms with van der Waals surface area (Å²) in [5.74, 6) is 0.349. The number of piperidine rings is 1. The molecule has 0 aliphatic carbocycles. The molecule has 0 saturated carbocycles. The number of methoxy groups -OCH3 is 1. The van der Waals surface area contributed by atoms with Crippen molar-refractivity contribution >= 4 is 11.8 Å². The van der Waals surface area contributed by atoms with Crippen LogP contribution >= 0.6 is 0 Å². The van der Waals surface area contributed by atoms with Gasteiger partial charge in [-0.1, -0.05) is 18.2 Å². The number of hydrogen-bond donors (Lipinski definition) is 1. The Balaban J connectivity index is 1.97. The fourth-order valence-electron chi connectivity index (χ4n) is 2.98. The molecule has 1 aromatic rings. The SMILES string of the molecule is COc1ccccc1CCC(=O)N1CC(C(N)=O)CCC1C. The number of rotatable bonds is 5. The predicted octanol–water partition coefficient (Wildman–Crippen LogP) is 1.74. The third-order valence-corrected chi connectivity index (χ3v) is 4.41. The van der Waals surface area contributed by atoms with Gasteiger partial charge in [-0.05, 0) is 37.8 Å². The van der Waals surface area contributed by atoms with E-state index >= 15 is 0 Å². The molecule has 2 amide bonds. The number of hydrogen-bond acceptors (Lipinski definition) is 3. The van der Waals surface area contributed by atoms with Gasteiger partial charge in [-0.15, -0.1) is 0 Å². The number of para-hydroxylation sites is 1. The van der Waals surface area contributed by atoms with E-state index in [2.05, 4.69) is 0 Å². The van der Waals surface area contributed by atoms with Crippen molar-refractivity contribution in [1.82, 2.24) is 4.90 Å². The molecule has 1 aromatic carbocycles. The maximum atomic E-state index is 12.5. The van der Waals surface area contributed by atoms with E-state index in [0.29, 0.717) is 19.4 Å². The van der Waals surface area contributed by atoms with Crippen LogP contribution in [0.15, 0.2) is 24.3 Å². The molecule has 22 heavy (non-hydrogen) atoms. The summed E-state index contributed by atoms with van der Waals surface area (Å²) in [7, 11) is 1.63. The fraction of sp³-hybridized carbons (Fsp3) is 0.529. The summed E-state index contributed by atoms with van der Waals surface area (Å²) >= 11 is 0. The minimum absolute atomic E-state index is 0.0735. The molecule has 0 radical (unpaired) electrons. The molecule has 120 valence electrons. The average Bonchev–Trinajstić information content (AvgIpc) is 2.53. The number of benzene rings is 1. The highest BCUT2D eigenvalue weighted by molar-refractivity contribution is 5.80. The van der Waals surface area contributed by atoms with Crippen molar-refractivity contribution in [3.05, 3.63) is 29.8 Å². The Bertz CT molecular complexity index is 544. The number of likely N-dealkylation sites (tertiary alicyclic amines) is 1. The molecule has 5 heteroatoms. The first-order chi connectivity index (χ1) is 10.5. The van der Waals surface area contributed by atoms with Crippen LogP contribution in [0.2, 0.25) is 0 Å². The van der Waals surface area contributed by atoms with Gasteiger partial charge in [-0.2, -0.15) is 0 Å². The Kier molecular flexibility index (Phi) is 5.41. The first kappa shape index (κ1) is 16.3. The molecule has 1 aliphatic heterocycles. The average molecular weight is 304 g/mol. The van der Waals surface area contributed by atoms with Crippen molar-refractivity contribution in [3.63, 3.8) is 0 Å². The highest BCUT2D eigenvalue weighted by atomic mass is 16.5. The fourth-order valence-corrected chi connectivity index (χ4v) is 2.98. The molecular weight excluding hydrogens is 280 g/mol. The van der Waals surface area contributed by atoms with E-state index in [1.807, 2.05) is 31.2 Å². The first-order valence-electron chi connectivity index (χ1n) is 7.73. The lowest BCUT2D eigenvalue weighted by molar-refractivity contribution is -0.137. The highest BCUT2D eigenvalue weighted by Gasteiger charge is 2.31. The van der Waals surface area contributed by atoms with E-state index in [1.165, 1.54) is 0 Å². The van der Waals surface area contributed by atoms with Gasteiger partial charge in [-0.3, -0.25) is 9.59 Å². The van der Waals surface area contributed by atoms with E-state index in [-0.39, 0.29) is 23.8 Å². The zero-order valence-electron chi connectivity index (χ0n) is 13.2. The number of nitrogens with zero attached hydrogens (tertiary/aromatic N) is 1. The maximum Gasteiger partial charge on any atom is 0.223 e. The maximum absolute atomic E-state index is 12.5. The molecule has 1 fully saturated rings. The lowest BCUT2D eigenvalue weighted by Gasteiger charge is -2.37. The molecule has 2 unspecified atom stereocenters. The summed E-state index contributed by atoms with van der Waals surface area (Å²) < 4.78 is 5.31. The van der Waals surface area contributed by atoms with Gasteiger partial charge in [0, 0.05) is 19.0 Å². The largest absolute Gasteiger partial charge is 0.496 e. The molecule has 1 aliphatic rings. The summed E-state index contributed by atoms with van der Waals surface area (Å²) in [6.45, 7) is 2.47. The van der Waals surface area contributed by atoms with Gasteiger partial charge in [0.2, 0.25) is 11.8 Å². The van der Waals surface area contributed by atoms with Gasteiger partial charge in [0.25, 0.3) is 0 Å². The molecule has 1 heterocycles. The lowest BCUT2D eigenvalue weighted by atomic mass is 9.92. The Morgan fingerprint density at radius 2 is 2.05 bits per heavy atom. The Hall–Kier alpha value is -2.04. The second kappa shape index (κ2) is 7.29. The molecule has 2 N–H and O–H groups in total. The van der Waals surface area contributed by atoms with Crippen LogP contribution in [0.25, 0.3) is 0 Å². The molecule has 5 nitrogen and oxygen atoms in total. The molecule has 1 saturated heterocycles. The number of amides is 2. The van der Waals surface area contributed by atoms with Crippen molar-refractivity contribution in [2.75, 3.05) is 13.7 Å². The minimum atomic E-state index is -0.311. The number of primary amides is 1. The predicted molar refractivity (Wildman–Crippen MR) is 84.4 cm³/mol. The van der Waals surface area contributed by atoms with Crippen LogP contribution in [0.4, 0.5) is 0 Å². The van der Waals surface area contributed by atoms with Crippen molar-refractivity contribution in [2.45, 2.75) is 38.6 Å². The van der Waals surface area contributed by atoms with Crippen LogP contribution in [0, 0.1) is 5.92 Å². The Labute approximate surface area is 131 Å². The highest BCUT2D eigenvalue weighted by Crippen LogP contribution is 2.24. The smallest absolute Gasteiger partial charge is 0.223 e. The lowest BCUT2D eigenvalue weighted by Crippen LogP contribution is -2.48. The monoisotopic (exact) mass is 304 g/mol. The zero-order chi connectivity index (χ0) is 16.1. The van der Waals surface area contributed by atoms with Crippen molar-refractivity contribution in [1.29, 1.82) is 0 Å². The van der Waals surface area contributed by atoms with Gasteiger partial charge in [0.1, 0.15) is 5.75 Å². The van der Waals surface area contributed by atoms with Crippen LogP contribution in [-0.2, 0) is 16.0 Å². The number of carbonyl (C=O) groups excluding carboxylic acids is 2. The molecule has 0 bridgehead atoms. The summed E-state index contributed by atoms with van der Waals surface area (Å²) in [4.78, 5) is 25.6. The van der Waals surface area contributed by atoms with E-state index in [4.69, 9.17) is 10.5 Å². The van der Waals surface area contributed by atoms with Crippen LogP contribution in [-0.4, -0.2) is 36.4 Å². The summed E-state index contributed by atoms with van der Waals surface area (Å²) in [6.07, 6.45) is 2.64. The van der Waals surface area contributed by atoms with Gasteiger partial charge < -0.3 is 15.4 Å². The number of nitrogens with two attached hydrogens (primary N) is 1. The summed E-state index contributed by atoms with van der Waals surface area (Å²) in [6, 6.07) is 7.88. The number of ether oxygens (including phenoxy) is 1. The van der Waals surface area contributed by atoms with Crippen LogP contribution in [0.5, 0.6) is 5.75 Å². The first-order valence-corrected chi connectivity index (χ1v) is 7.73. The topological polar surface area (TPSA) is 72.6 Å². The Morgan fingerprint density at radius 3 is 2.73 bits per heavy atom. The number of carbonyl (C=O) groups is 2. The quantitative estimate of drug-likeness (QED) is 0.900. The van der Waals surface area contributed by atoms with Gasteiger partial charge in [0.05, 0.1) is 13.0 Å². The summed E-state index contributed by atoms with van der Waals surface area (Å²) in [5.41, 5.74) is 6.41. The third-order valence-electron chi connectivity index (χ3n) is 4.41. The second-order valence-electron chi connectivity index (χ2n) is 5.88. The van der Waals surface area contributed by atoms with E-state index < -0.39 is 0 Å². The Morgan fingerprint density at radius 1 is 1.32 bits per heavy atom. The zero-order valence-corrected chi connectivity index (χ0v) is 13.2. The van der Waals surface area contributed by atoms with Crippen molar-refractivity contribution in [3.8, 4) is 5.75 Å². The molecule has 2 rings (SSSR count). The van der Waals surface area contributed by atoms with Gasteiger partial charge >= 0.3 is 0 Å². The van der Waals surface area contributed by atoms with E-state index in [9.17, 15) is 9.59 Å². The molecule has 0 spiro atoms. The van der Waals surface area contributed by atoms with E-state index in [0.717, 1.165) is 24.2 Å². The van der Waals surface area contributed by atoms with Crippen LogP contribution in [0.1, 0.15) is 31.7 Å². The van der Waals surface area contributed by atoms with E-state index in [1.54, 1.807) is 12.0 Å². The molecule has 0 aromatic heterocycles.